The molecule has 0 aromatic carbocycles. The van der Waals surface area contributed by atoms with Crippen molar-refractivity contribution in [3.63, 3.8) is 0 Å². The van der Waals surface area contributed by atoms with Crippen LogP contribution in [0.25, 0.3) is 0 Å². The first-order valence-corrected chi connectivity index (χ1v) is 9.81. The van der Waals surface area contributed by atoms with Crippen molar-refractivity contribution in [2.24, 2.45) is 40.4 Å². The number of hydrogen-bond donors (Lipinski definition) is 1. The zero-order valence-corrected chi connectivity index (χ0v) is 15.8. The summed E-state index contributed by atoms with van der Waals surface area (Å²) in [5.41, 5.74) is 1.00. The van der Waals surface area contributed by atoms with Crippen LogP contribution in [0.5, 0.6) is 0 Å². The Kier molecular flexibility index (Phi) is 3.71. The molecule has 25 heavy (non-hydrogen) atoms. The van der Waals surface area contributed by atoms with Gasteiger partial charge in [0.15, 0.2) is 5.78 Å². The van der Waals surface area contributed by atoms with Gasteiger partial charge in [-0.1, -0.05) is 32.4 Å². The number of allylic oxidation sites excluding steroid dienone is 3. The van der Waals surface area contributed by atoms with Crippen molar-refractivity contribution in [3.05, 3.63) is 23.8 Å². The Hall–Kier alpha value is -1.22. The van der Waals surface area contributed by atoms with Gasteiger partial charge >= 0.3 is 0 Å². The summed E-state index contributed by atoms with van der Waals surface area (Å²) in [5, 5.41) is 11.1. The molecular formula is C22H30O3. The highest BCUT2D eigenvalue weighted by Gasteiger charge is 2.63. The van der Waals surface area contributed by atoms with Gasteiger partial charge in [0.2, 0.25) is 0 Å². The minimum Gasteiger partial charge on any atom is -0.392 e. The maximum absolute atomic E-state index is 12.4. The lowest BCUT2D eigenvalue weighted by Crippen LogP contribution is -2.55. The van der Waals surface area contributed by atoms with Gasteiger partial charge in [-0.25, -0.2) is 0 Å². The molecule has 4 aliphatic carbocycles. The van der Waals surface area contributed by atoms with E-state index in [9.17, 15) is 14.7 Å². The lowest BCUT2D eigenvalue weighted by Gasteiger charge is -2.58. The molecule has 4 aliphatic rings. The van der Waals surface area contributed by atoms with E-state index in [1.54, 1.807) is 19.1 Å². The van der Waals surface area contributed by atoms with Crippen molar-refractivity contribution in [2.45, 2.75) is 59.5 Å². The number of fused-ring (bicyclic) bond motifs is 5. The van der Waals surface area contributed by atoms with Crippen LogP contribution in [0, 0.1) is 40.4 Å². The van der Waals surface area contributed by atoms with Crippen LogP contribution in [0.2, 0.25) is 0 Å². The van der Waals surface area contributed by atoms with E-state index in [0.717, 1.165) is 24.8 Å². The third-order valence-corrected chi connectivity index (χ3v) is 8.36. The Morgan fingerprint density at radius 1 is 1.28 bits per heavy atom. The van der Waals surface area contributed by atoms with Gasteiger partial charge in [0.05, 0.1) is 6.10 Å². The van der Waals surface area contributed by atoms with Gasteiger partial charge in [-0.3, -0.25) is 9.59 Å². The van der Waals surface area contributed by atoms with E-state index in [0.29, 0.717) is 30.0 Å². The second kappa shape index (κ2) is 5.39. The molecule has 0 aromatic rings. The molecular weight excluding hydrogens is 312 g/mol. The SMILES string of the molecule is CC(=O)[C@H]1[C@H](C)C[C@H]2[C@@H]3[C@H](O)CC4=CC(=O)C=C[C@]4(C)[C@H]3CC[C@@]21C. The maximum Gasteiger partial charge on any atom is 0.178 e. The molecule has 0 heterocycles. The molecule has 0 amide bonds. The number of hydrogen-bond acceptors (Lipinski definition) is 3. The van der Waals surface area contributed by atoms with Crippen LogP contribution in [0.1, 0.15) is 53.4 Å². The number of aliphatic hydroxyl groups excluding tert-OH is 1. The lowest BCUT2D eigenvalue weighted by molar-refractivity contribution is -0.132. The Bertz CT molecular complexity index is 689. The number of rotatable bonds is 1. The molecule has 3 nitrogen and oxygen atoms in total. The van der Waals surface area contributed by atoms with Gasteiger partial charge in [0.1, 0.15) is 5.78 Å². The molecule has 4 rings (SSSR count). The highest BCUT2D eigenvalue weighted by Crippen LogP contribution is 2.67. The number of carbonyl (C=O) groups excluding carboxylic acids is 2. The molecule has 0 saturated heterocycles. The van der Waals surface area contributed by atoms with E-state index >= 15 is 0 Å². The Morgan fingerprint density at radius 2 is 2.00 bits per heavy atom. The fraction of sp³-hybridized carbons (Fsp3) is 0.727. The van der Waals surface area contributed by atoms with Gasteiger partial charge in [0.25, 0.3) is 0 Å². The average Bonchev–Trinajstić information content (AvgIpc) is 2.79. The molecule has 3 heteroatoms. The lowest BCUT2D eigenvalue weighted by atomic mass is 9.47. The van der Waals surface area contributed by atoms with Gasteiger partial charge < -0.3 is 5.11 Å². The van der Waals surface area contributed by atoms with Crippen LogP contribution in [-0.4, -0.2) is 22.8 Å². The quantitative estimate of drug-likeness (QED) is 0.790. The zero-order valence-electron chi connectivity index (χ0n) is 15.8. The minimum absolute atomic E-state index is 0.0131. The van der Waals surface area contributed by atoms with Crippen LogP contribution in [0.4, 0.5) is 0 Å². The zero-order chi connectivity index (χ0) is 18.1. The van der Waals surface area contributed by atoms with E-state index in [4.69, 9.17) is 0 Å². The Morgan fingerprint density at radius 3 is 2.68 bits per heavy atom. The van der Waals surface area contributed by atoms with Crippen LogP contribution in [0.3, 0.4) is 0 Å². The second-order valence-electron chi connectivity index (χ2n) is 9.60. The van der Waals surface area contributed by atoms with E-state index in [1.807, 2.05) is 0 Å². The predicted molar refractivity (Wildman–Crippen MR) is 96.7 cm³/mol. The third-order valence-electron chi connectivity index (χ3n) is 8.36. The number of Topliss-reactive ketones (excluding diaryl/α,β-unsaturated/α-hetero) is 1. The molecule has 0 aliphatic heterocycles. The summed E-state index contributed by atoms with van der Waals surface area (Å²) < 4.78 is 0. The molecule has 1 N–H and O–H groups in total. The largest absolute Gasteiger partial charge is 0.392 e. The van der Waals surface area contributed by atoms with Crippen molar-refractivity contribution < 1.29 is 14.7 Å². The molecule has 0 bridgehead atoms. The topological polar surface area (TPSA) is 54.4 Å². The van der Waals surface area contributed by atoms with E-state index in [1.165, 1.54) is 0 Å². The van der Waals surface area contributed by atoms with Crippen LogP contribution >= 0.6 is 0 Å². The summed E-state index contributed by atoms with van der Waals surface area (Å²) >= 11 is 0. The summed E-state index contributed by atoms with van der Waals surface area (Å²) in [4.78, 5) is 24.2. The first-order valence-electron chi connectivity index (χ1n) is 9.81. The van der Waals surface area contributed by atoms with Gasteiger partial charge in [-0.05, 0) is 73.8 Å². The fourth-order valence-electron chi connectivity index (χ4n) is 7.40. The summed E-state index contributed by atoms with van der Waals surface area (Å²) in [7, 11) is 0. The second-order valence-corrected chi connectivity index (χ2v) is 9.60. The minimum atomic E-state index is -0.397. The van der Waals surface area contributed by atoms with Crippen LogP contribution < -0.4 is 0 Å². The number of aliphatic hydroxyl groups is 1. The van der Waals surface area contributed by atoms with E-state index < -0.39 is 6.10 Å². The first-order chi connectivity index (χ1) is 11.7. The average molecular weight is 342 g/mol. The van der Waals surface area contributed by atoms with Gasteiger partial charge in [0, 0.05) is 11.3 Å². The monoisotopic (exact) mass is 342 g/mol. The predicted octanol–water partition coefficient (Wildman–Crippen LogP) is 3.72. The maximum atomic E-state index is 12.4. The van der Waals surface area contributed by atoms with Crippen LogP contribution in [-0.2, 0) is 9.59 Å². The molecule has 136 valence electrons. The smallest absolute Gasteiger partial charge is 0.178 e. The Balaban J connectivity index is 1.75. The molecule has 0 spiro atoms. The molecule has 3 fully saturated rings. The third kappa shape index (κ3) is 2.21. The van der Waals surface area contributed by atoms with Crippen molar-refractivity contribution in [3.8, 4) is 0 Å². The van der Waals surface area contributed by atoms with Crippen molar-refractivity contribution in [1.82, 2.24) is 0 Å². The highest BCUT2D eigenvalue weighted by molar-refractivity contribution is 6.01. The standard InChI is InChI=1S/C22H30O3/c1-12-9-17-19-16(6-8-22(17,4)20(12)13(2)23)21(3)7-5-15(24)10-14(21)11-18(19)25/h5,7,10,12,16-20,25H,6,8-9,11H2,1-4H3/t12-,16+,17+,18-,19-,20-,21+,22+/m1/s1. The van der Waals surface area contributed by atoms with E-state index in [-0.39, 0.29) is 28.4 Å². The fourth-order valence-corrected chi connectivity index (χ4v) is 7.40. The first kappa shape index (κ1) is 17.2. The molecule has 0 unspecified atom stereocenters. The summed E-state index contributed by atoms with van der Waals surface area (Å²) in [6.45, 7) is 8.50. The van der Waals surface area contributed by atoms with Crippen molar-refractivity contribution in [1.29, 1.82) is 0 Å². The normalized spacial score (nSPS) is 51.4. The summed E-state index contributed by atoms with van der Waals surface area (Å²) in [5.74, 6) is 1.87. The van der Waals surface area contributed by atoms with Gasteiger partial charge in [-0.2, -0.15) is 0 Å². The van der Waals surface area contributed by atoms with Crippen molar-refractivity contribution >= 4 is 11.6 Å². The van der Waals surface area contributed by atoms with Crippen LogP contribution in [0.15, 0.2) is 23.8 Å². The Labute approximate surface area is 150 Å². The summed E-state index contributed by atoms with van der Waals surface area (Å²) in [6.07, 6.45) is 8.87. The molecule has 0 radical (unpaired) electrons. The van der Waals surface area contributed by atoms with Crippen molar-refractivity contribution in [2.75, 3.05) is 0 Å². The molecule has 3 saturated carbocycles. The molecule has 8 atom stereocenters. The highest BCUT2D eigenvalue weighted by atomic mass is 16.3. The van der Waals surface area contributed by atoms with E-state index in [2.05, 4.69) is 26.8 Å². The molecule has 0 aromatic heterocycles. The number of carbonyl (C=O) groups is 2. The summed E-state index contributed by atoms with van der Waals surface area (Å²) in [6, 6.07) is 0. The van der Waals surface area contributed by atoms with Gasteiger partial charge in [-0.15, -0.1) is 0 Å². The number of ketones is 2.